The van der Waals surface area contributed by atoms with Crippen LogP contribution in [0.4, 0.5) is 0 Å². The normalized spacial score (nSPS) is 23.9. The molecule has 0 radical (unpaired) electrons. The van der Waals surface area contributed by atoms with E-state index in [1.54, 1.807) is 12.1 Å². The highest BCUT2D eigenvalue weighted by molar-refractivity contribution is 7.90. The first-order valence-corrected chi connectivity index (χ1v) is 11.4. The molecular formula is C21H28Cl2N2O2S. The smallest absolute Gasteiger partial charge is 0.136 e. The van der Waals surface area contributed by atoms with Crippen molar-refractivity contribution in [2.75, 3.05) is 19.7 Å². The number of nitrogens with one attached hydrogen (secondary N) is 2. The molecule has 3 rings (SSSR count). The molecule has 7 heteroatoms. The van der Waals surface area contributed by atoms with Crippen molar-refractivity contribution in [3.05, 3.63) is 52.0 Å². The average Bonchev–Trinajstić information content (AvgIpc) is 3.21. The Morgan fingerprint density at radius 2 is 2.11 bits per heavy atom. The van der Waals surface area contributed by atoms with Crippen LogP contribution in [0.3, 0.4) is 0 Å². The minimum atomic E-state index is -1.24. The molecule has 154 valence electrons. The summed E-state index contributed by atoms with van der Waals surface area (Å²) in [5.41, 5.74) is 2.32. The topological polar surface area (TPSA) is 56.3 Å². The quantitative estimate of drug-likeness (QED) is 0.469. The van der Waals surface area contributed by atoms with Crippen molar-refractivity contribution in [2.24, 2.45) is 11.8 Å². The van der Waals surface area contributed by atoms with Gasteiger partial charge in [0.1, 0.15) is 17.1 Å². The molecule has 1 heterocycles. The van der Waals surface area contributed by atoms with Crippen LogP contribution >= 0.6 is 23.2 Å². The Kier molecular flexibility index (Phi) is 7.06. The summed E-state index contributed by atoms with van der Waals surface area (Å²) < 4.78 is 21.8. The second kappa shape index (κ2) is 8.99. The van der Waals surface area contributed by atoms with Crippen molar-refractivity contribution in [1.29, 1.82) is 0 Å². The van der Waals surface area contributed by atoms with Gasteiger partial charge >= 0.3 is 0 Å². The summed E-state index contributed by atoms with van der Waals surface area (Å²) in [4.78, 5) is 0. The van der Waals surface area contributed by atoms with Gasteiger partial charge in [-0.2, -0.15) is 0 Å². The van der Waals surface area contributed by atoms with Gasteiger partial charge in [-0.05, 0) is 39.2 Å². The summed E-state index contributed by atoms with van der Waals surface area (Å²) in [6.45, 7) is 11.9. The van der Waals surface area contributed by atoms with E-state index < -0.39 is 11.4 Å². The predicted octanol–water partition coefficient (Wildman–Crippen LogP) is 4.82. The summed E-state index contributed by atoms with van der Waals surface area (Å²) in [7, 11) is 0. The Bertz CT molecular complexity index is 764. The highest BCUT2D eigenvalue weighted by Crippen LogP contribution is 2.44. The second-order valence-corrected chi connectivity index (χ2v) is 11.2. The zero-order valence-electron chi connectivity index (χ0n) is 16.6. The predicted molar refractivity (Wildman–Crippen MR) is 118 cm³/mol. The van der Waals surface area contributed by atoms with Crippen molar-refractivity contribution >= 4 is 34.6 Å². The monoisotopic (exact) mass is 442 g/mol. The van der Waals surface area contributed by atoms with Gasteiger partial charge < -0.3 is 14.6 Å². The van der Waals surface area contributed by atoms with Crippen LogP contribution in [-0.4, -0.2) is 29.0 Å². The average molecular weight is 443 g/mol. The molecule has 0 amide bonds. The minimum absolute atomic E-state index is 0.187. The van der Waals surface area contributed by atoms with Crippen molar-refractivity contribution in [1.82, 2.24) is 10.0 Å². The molecule has 2 aliphatic rings. The lowest BCUT2D eigenvalue weighted by molar-refractivity contribution is 0.345. The molecule has 0 saturated carbocycles. The van der Waals surface area contributed by atoms with Crippen LogP contribution in [0.1, 0.15) is 38.8 Å². The SMILES string of the molecule is C=CCOc1cc(Cl)c(Cl)cc1C(N[S+]([O-])C(C)(C)C)C1C=C2CNCC2C1. The molecule has 1 saturated heterocycles. The van der Waals surface area contributed by atoms with Gasteiger partial charge in [0.05, 0.1) is 16.1 Å². The molecular weight excluding hydrogens is 415 g/mol. The van der Waals surface area contributed by atoms with E-state index in [9.17, 15) is 4.55 Å². The molecule has 1 aliphatic heterocycles. The van der Waals surface area contributed by atoms with Crippen LogP contribution in [0.2, 0.25) is 10.0 Å². The number of hydrogen-bond donors (Lipinski definition) is 2. The zero-order chi connectivity index (χ0) is 20.5. The minimum Gasteiger partial charge on any atom is -0.598 e. The Morgan fingerprint density at radius 1 is 1.39 bits per heavy atom. The molecule has 1 aromatic rings. The number of hydrogen-bond acceptors (Lipinski definition) is 4. The fraction of sp³-hybridized carbons (Fsp3) is 0.524. The first kappa shape index (κ1) is 22.0. The van der Waals surface area contributed by atoms with Crippen molar-refractivity contribution in [3.8, 4) is 5.75 Å². The van der Waals surface area contributed by atoms with Gasteiger partial charge in [0, 0.05) is 42.0 Å². The molecule has 1 aliphatic carbocycles. The maximum atomic E-state index is 13.0. The van der Waals surface area contributed by atoms with Gasteiger partial charge in [0.15, 0.2) is 0 Å². The van der Waals surface area contributed by atoms with Gasteiger partial charge in [-0.3, -0.25) is 0 Å². The molecule has 1 fully saturated rings. The Balaban J connectivity index is 2.00. The largest absolute Gasteiger partial charge is 0.598 e. The van der Waals surface area contributed by atoms with Crippen LogP contribution in [0.25, 0.3) is 0 Å². The molecule has 0 spiro atoms. The van der Waals surface area contributed by atoms with Crippen LogP contribution in [0.5, 0.6) is 5.75 Å². The number of ether oxygens (including phenoxy) is 1. The summed E-state index contributed by atoms with van der Waals surface area (Å²) in [6, 6.07) is 3.39. The van der Waals surface area contributed by atoms with E-state index in [1.165, 1.54) is 5.57 Å². The third-order valence-electron chi connectivity index (χ3n) is 5.19. The van der Waals surface area contributed by atoms with Crippen LogP contribution in [-0.2, 0) is 11.4 Å². The third-order valence-corrected chi connectivity index (χ3v) is 7.49. The summed E-state index contributed by atoms with van der Waals surface area (Å²) in [6.07, 6.45) is 5.01. The Morgan fingerprint density at radius 3 is 2.75 bits per heavy atom. The first-order valence-electron chi connectivity index (χ1n) is 9.52. The molecule has 0 bridgehead atoms. The summed E-state index contributed by atoms with van der Waals surface area (Å²) in [5.74, 6) is 1.39. The molecule has 4 atom stereocenters. The van der Waals surface area contributed by atoms with Crippen molar-refractivity contribution in [2.45, 2.75) is 38.0 Å². The maximum Gasteiger partial charge on any atom is 0.136 e. The number of benzene rings is 1. The van der Waals surface area contributed by atoms with Gasteiger partial charge in [-0.25, -0.2) is 0 Å². The van der Waals surface area contributed by atoms with E-state index in [2.05, 4.69) is 22.7 Å². The highest BCUT2D eigenvalue weighted by Gasteiger charge is 2.39. The third kappa shape index (κ3) is 4.89. The molecule has 0 aromatic heterocycles. The van der Waals surface area contributed by atoms with E-state index in [0.717, 1.165) is 25.1 Å². The van der Waals surface area contributed by atoms with Gasteiger partial charge in [-0.1, -0.05) is 47.5 Å². The molecule has 4 unspecified atom stereocenters. The second-order valence-electron chi connectivity index (χ2n) is 8.35. The van der Waals surface area contributed by atoms with Crippen molar-refractivity contribution < 1.29 is 9.29 Å². The number of rotatable bonds is 7. The molecule has 28 heavy (non-hydrogen) atoms. The lowest BCUT2D eigenvalue weighted by Crippen LogP contribution is -2.43. The first-order chi connectivity index (χ1) is 13.2. The molecule has 1 aromatic carbocycles. The van der Waals surface area contributed by atoms with E-state index in [-0.39, 0.29) is 16.7 Å². The zero-order valence-corrected chi connectivity index (χ0v) is 18.9. The number of fused-ring (bicyclic) bond motifs is 1. The lowest BCUT2D eigenvalue weighted by Gasteiger charge is -2.31. The fourth-order valence-corrected chi connectivity index (χ4v) is 4.95. The van der Waals surface area contributed by atoms with Gasteiger partial charge in [0.25, 0.3) is 0 Å². The Hall–Kier alpha value is -0.690. The van der Waals surface area contributed by atoms with E-state index in [4.69, 9.17) is 27.9 Å². The standard InChI is InChI=1S/C21H28Cl2N2O2S/c1-5-6-27-19-10-18(23)17(22)9-16(19)20(25-28(26)21(2,3)4)13-7-14-11-24-12-15(14)8-13/h5,7,9-10,13,15,20,24-25H,1,6,8,11-12H2,2-4H3. The summed E-state index contributed by atoms with van der Waals surface area (Å²) in [5, 5.41) is 4.32. The maximum absolute atomic E-state index is 13.0. The molecule has 4 nitrogen and oxygen atoms in total. The van der Waals surface area contributed by atoms with Gasteiger partial charge in [0.2, 0.25) is 0 Å². The van der Waals surface area contributed by atoms with Gasteiger partial charge in [-0.15, -0.1) is 4.72 Å². The van der Waals surface area contributed by atoms with Crippen LogP contribution in [0, 0.1) is 11.8 Å². The number of halogens is 2. The van der Waals surface area contributed by atoms with Crippen LogP contribution in [0.15, 0.2) is 36.4 Å². The highest BCUT2D eigenvalue weighted by atomic mass is 35.5. The fourth-order valence-electron chi connectivity index (χ4n) is 3.73. The van der Waals surface area contributed by atoms with E-state index in [0.29, 0.717) is 28.3 Å². The summed E-state index contributed by atoms with van der Waals surface area (Å²) >= 11 is 11.4. The van der Waals surface area contributed by atoms with Crippen molar-refractivity contribution in [3.63, 3.8) is 0 Å². The van der Waals surface area contributed by atoms with Crippen LogP contribution < -0.4 is 14.8 Å². The van der Waals surface area contributed by atoms with E-state index in [1.807, 2.05) is 26.8 Å². The molecule has 2 N–H and O–H groups in total. The lowest BCUT2D eigenvalue weighted by atomic mass is 9.90. The van der Waals surface area contributed by atoms with E-state index >= 15 is 0 Å². The Labute approximate surface area is 181 Å².